The first-order valence-electron chi connectivity index (χ1n) is 12.7. The maximum Gasteiger partial charge on any atom is 0.338 e. The van der Waals surface area contributed by atoms with Crippen LogP contribution in [0, 0.1) is 16.7 Å². The molecule has 10 heteroatoms. The lowest BCUT2D eigenvalue weighted by molar-refractivity contribution is -0.155. The molecule has 3 N–H and O–H groups in total. The number of fused-ring (bicyclic) bond motifs is 1. The molecule has 0 radical (unpaired) electrons. The molecule has 2 fully saturated rings. The second kappa shape index (κ2) is 15.1. The van der Waals surface area contributed by atoms with E-state index in [-0.39, 0.29) is 42.5 Å². The molecular formula is C28H40O10. The molecule has 0 amide bonds. The molecule has 10 nitrogen and oxygen atoms in total. The zero-order valence-electron chi connectivity index (χ0n) is 22.3. The average molecular weight is 537 g/mol. The number of carboxylic acids is 3. The van der Waals surface area contributed by atoms with Crippen molar-refractivity contribution in [2.24, 2.45) is 16.7 Å². The topological polar surface area (TPSA) is 164 Å². The fraction of sp³-hybridized carbons (Fsp3) is 0.607. The van der Waals surface area contributed by atoms with Crippen LogP contribution in [0.25, 0.3) is 0 Å². The highest BCUT2D eigenvalue weighted by molar-refractivity contribution is 5.93. The fourth-order valence-electron chi connectivity index (χ4n) is 5.46. The Bertz CT molecular complexity index is 935. The molecule has 0 aromatic rings. The minimum Gasteiger partial charge on any atom is -0.481 e. The molecule has 0 bridgehead atoms. The van der Waals surface area contributed by atoms with E-state index >= 15 is 0 Å². The second-order valence-corrected chi connectivity index (χ2v) is 10.5. The molecular weight excluding hydrogens is 496 g/mol. The Balaban J connectivity index is 0.000000368. The smallest absolute Gasteiger partial charge is 0.338 e. The predicted octanol–water partition coefficient (Wildman–Crippen LogP) is 4.54. The van der Waals surface area contributed by atoms with E-state index in [1.165, 1.54) is 18.1 Å². The highest BCUT2D eigenvalue weighted by Crippen LogP contribution is 2.58. The molecule has 3 atom stereocenters. The summed E-state index contributed by atoms with van der Waals surface area (Å²) in [6.07, 6.45) is 9.15. The molecule has 2 saturated carbocycles. The van der Waals surface area contributed by atoms with Gasteiger partial charge in [-0.15, -0.1) is 0 Å². The molecule has 1 unspecified atom stereocenters. The van der Waals surface area contributed by atoms with Gasteiger partial charge in [-0.25, -0.2) is 4.79 Å². The third kappa shape index (κ3) is 10.9. The summed E-state index contributed by atoms with van der Waals surface area (Å²) in [7, 11) is 0. The molecule has 38 heavy (non-hydrogen) atoms. The van der Waals surface area contributed by atoms with Crippen molar-refractivity contribution in [3.63, 3.8) is 0 Å². The quantitative estimate of drug-likeness (QED) is 0.281. The van der Waals surface area contributed by atoms with Crippen molar-refractivity contribution >= 4 is 29.8 Å². The Morgan fingerprint density at radius 3 is 2.11 bits per heavy atom. The van der Waals surface area contributed by atoms with Crippen LogP contribution in [0.1, 0.15) is 78.1 Å². The van der Waals surface area contributed by atoms with Gasteiger partial charge in [-0.05, 0) is 49.5 Å². The van der Waals surface area contributed by atoms with E-state index < -0.39 is 23.9 Å². The Labute approximate surface area is 223 Å². The van der Waals surface area contributed by atoms with E-state index in [1.807, 2.05) is 0 Å². The molecule has 2 aliphatic carbocycles. The molecule has 0 saturated heterocycles. The van der Waals surface area contributed by atoms with Gasteiger partial charge in [0.25, 0.3) is 0 Å². The van der Waals surface area contributed by atoms with Crippen LogP contribution in [0.4, 0.5) is 0 Å². The van der Waals surface area contributed by atoms with E-state index in [4.69, 9.17) is 20.1 Å². The molecule has 3 aliphatic rings. The zero-order chi connectivity index (χ0) is 28.9. The number of allylic oxidation sites excluding steroid dienone is 1. The molecule has 1 aliphatic heterocycles. The third-order valence-electron chi connectivity index (χ3n) is 7.25. The lowest BCUT2D eigenvalue weighted by Crippen LogP contribution is -2.48. The van der Waals surface area contributed by atoms with Gasteiger partial charge in [-0.2, -0.15) is 0 Å². The van der Waals surface area contributed by atoms with Gasteiger partial charge in [0.15, 0.2) is 0 Å². The maximum absolute atomic E-state index is 11.7. The van der Waals surface area contributed by atoms with E-state index in [1.54, 1.807) is 6.08 Å². The van der Waals surface area contributed by atoms with Gasteiger partial charge in [0.05, 0.1) is 37.9 Å². The Morgan fingerprint density at radius 1 is 1.05 bits per heavy atom. The van der Waals surface area contributed by atoms with Crippen molar-refractivity contribution in [2.45, 2.75) is 78.1 Å². The van der Waals surface area contributed by atoms with Gasteiger partial charge in [0.2, 0.25) is 0 Å². The fourth-order valence-corrected chi connectivity index (χ4v) is 5.46. The van der Waals surface area contributed by atoms with Crippen molar-refractivity contribution in [3.8, 4) is 0 Å². The van der Waals surface area contributed by atoms with Gasteiger partial charge in [0.1, 0.15) is 6.61 Å². The van der Waals surface area contributed by atoms with Crippen LogP contribution < -0.4 is 0 Å². The first-order chi connectivity index (χ1) is 17.7. The van der Waals surface area contributed by atoms with Crippen LogP contribution in [0.3, 0.4) is 0 Å². The Morgan fingerprint density at radius 2 is 1.63 bits per heavy atom. The number of carbonyl (C=O) groups excluding carboxylic acids is 2. The third-order valence-corrected chi connectivity index (χ3v) is 7.25. The second-order valence-electron chi connectivity index (χ2n) is 10.5. The summed E-state index contributed by atoms with van der Waals surface area (Å²) in [4.78, 5) is 52.0. The summed E-state index contributed by atoms with van der Waals surface area (Å²) in [5, 5.41) is 24.4. The predicted molar refractivity (Wildman–Crippen MR) is 138 cm³/mol. The number of carboxylic acid groups (broad SMARTS) is 3. The monoisotopic (exact) mass is 536 g/mol. The van der Waals surface area contributed by atoms with Gasteiger partial charge in [0, 0.05) is 5.41 Å². The first-order valence-corrected chi connectivity index (χ1v) is 12.7. The van der Waals surface area contributed by atoms with E-state index in [0.29, 0.717) is 24.7 Å². The normalized spacial score (nSPS) is 25.6. The highest BCUT2D eigenvalue weighted by Gasteiger charge is 2.50. The number of cyclic esters (lactones) is 1. The van der Waals surface area contributed by atoms with E-state index in [9.17, 15) is 24.0 Å². The van der Waals surface area contributed by atoms with Crippen LogP contribution in [-0.2, 0) is 33.4 Å². The number of rotatable bonds is 9. The number of esters is 2. The standard InChI is InChI=1S/C18H28O4.C6H6O2.C4H6O4/c1-13-5-6-14-17(2,11-13)9-4-10-18(14,3)12-22-16(21)8-7-15(19)20;1-2-5-3-4-8-6(5)7;5-3(6)1-2-4(7)8/h14H,1,4-12H2,2-3H3,(H,19,20);2-3H,1,4H2;1-2H2,(H,5,6)(H,7,8)/t14?,17-,18-;;/m0../s1. The van der Waals surface area contributed by atoms with Crippen molar-refractivity contribution in [2.75, 3.05) is 13.2 Å². The van der Waals surface area contributed by atoms with Crippen molar-refractivity contribution < 1.29 is 48.8 Å². The summed E-state index contributed by atoms with van der Waals surface area (Å²) in [6.45, 7) is 13.0. The van der Waals surface area contributed by atoms with Crippen molar-refractivity contribution in [1.29, 1.82) is 0 Å². The summed E-state index contributed by atoms with van der Waals surface area (Å²) in [5.74, 6) is -3.22. The number of carbonyl (C=O) groups is 5. The summed E-state index contributed by atoms with van der Waals surface area (Å²) in [6, 6.07) is 0. The maximum atomic E-state index is 11.7. The lowest BCUT2D eigenvalue weighted by atomic mass is 9.51. The minimum absolute atomic E-state index is 0.00653. The summed E-state index contributed by atoms with van der Waals surface area (Å²) in [5.41, 5.74) is 2.20. The molecule has 0 spiro atoms. The van der Waals surface area contributed by atoms with Crippen LogP contribution in [-0.4, -0.2) is 58.4 Å². The number of hydrogen-bond donors (Lipinski definition) is 3. The van der Waals surface area contributed by atoms with Gasteiger partial charge in [-0.1, -0.05) is 45.1 Å². The summed E-state index contributed by atoms with van der Waals surface area (Å²) < 4.78 is 9.98. The van der Waals surface area contributed by atoms with E-state index in [0.717, 1.165) is 32.1 Å². The SMILES string of the molecule is C=C1CCC2[C@](C)(COC(=O)CCC(=O)O)CCC[C@@]2(C)C1.C=CC1=CCOC1=O.O=C(O)CCC(=O)O. The first kappa shape index (κ1) is 32.6. The number of aliphatic carboxylic acids is 3. The minimum atomic E-state index is -1.08. The number of hydrogen-bond acceptors (Lipinski definition) is 7. The van der Waals surface area contributed by atoms with E-state index in [2.05, 4.69) is 31.7 Å². The Hall–Kier alpha value is -3.43. The van der Waals surface area contributed by atoms with Gasteiger partial charge in [-0.3, -0.25) is 19.2 Å². The molecule has 3 rings (SSSR count). The van der Waals surface area contributed by atoms with Crippen molar-refractivity contribution in [1.82, 2.24) is 0 Å². The zero-order valence-corrected chi connectivity index (χ0v) is 22.3. The van der Waals surface area contributed by atoms with Crippen LogP contribution >= 0.6 is 0 Å². The lowest BCUT2D eigenvalue weighted by Gasteiger charge is -2.55. The molecule has 1 heterocycles. The van der Waals surface area contributed by atoms with Crippen LogP contribution in [0.2, 0.25) is 0 Å². The van der Waals surface area contributed by atoms with Crippen LogP contribution in [0.15, 0.2) is 36.5 Å². The number of ether oxygens (including phenoxy) is 2. The Kier molecular flexibility index (Phi) is 13.0. The molecule has 0 aromatic carbocycles. The summed E-state index contributed by atoms with van der Waals surface area (Å²) >= 11 is 0. The molecule has 0 aromatic heterocycles. The van der Waals surface area contributed by atoms with Gasteiger partial charge < -0.3 is 24.8 Å². The van der Waals surface area contributed by atoms with Crippen molar-refractivity contribution in [3.05, 3.63) is 36.5 Å². The molecule has 212 valence electrons. The average Bonchev–Trinajstić information content (AvgIpc) is 3.25. The van der Waals surface area contributed by atoms with Gasteiger partial charge >= 0.3 is 29.8 Å². The van der Waals surface area contributed by atoms with Crippen LogP contribution in [0.5, 0.6) is 0 Å². The largest absolute Gasteiger partial charge is 0.481 e. The highest BCUT2D eigenvalue weighted by atomic mass is 16.5.